The van der Waals surface area contributed by atoms with Gasteiger partial charge in [-0.15, -0.1) is 11.3 Å². The summed E-state index contributed by atoms with van der Waals surface area (Å²) >= 11 is 1.52. The van der Waals surface area contributed by atoms with Crippen molar-refractivity contribution in [3.63, 3.8) is 0 Å². The van der Waals surface area contributed by atoms with E-state index in [2.05, 4.69) is 10.6 Å². The molecule has 1 atom stereocenters. The van der Waals surface area contributed by atoms with Crippen LogP contribution in [0.1, 0.15) is 34.3 Å². The fourth-order valence-electron chi connectivity index (χ4n) is 2.76. The third-order valence-electron chi connectivity index (χ3n) is 4.04. The number of nitrogens with zero attached hydrogens (tertiary/aromatic N) is 1. The normalized spacial score (nSPS) is 17.3. The van der Waals surface area contributed by atoms with Crippen LogP contribution < -0.4 is 10.6 Å². The van der Waals surface area contributed by atoms with Crippen LogP contribution in [0.4, 0.5) is 0 Å². The highest BCUT2D eigenvalue weighted by Gasteiger charge is 2.26. The maximum Gasteiger partial charge on any atom is 0.261 e. The minimum atomic E-state index is 0.00485. The Morgan fingerprint density at radius 1 is 1.36 bits per heavy atom. The molecule has 22 heavy (non-hydrogen) atoms. The van der Waals surface area contributed by atoms with Gasteiger partial charge in [-0.2, -0.15) is 0 Å². The highest BCUT2D eigenvalue weighted by Crippen LogP contribution is 2.17. The quantitative estimate of drug-likeness (QED) is 0.866. The van der Waals surface area contributed by atoms with Crippen molar-refractivity contribution in [1.29, 1.82) is 0 Å². The number of carbonyl (C=O) groups is 2. The Balaban J connectivity index is 1.80. The summed E-state index contributed by atoms with van der Waals surface area (Å²) in [6, 6.07) is 4.00. The minimum absolute atomic E-state index is 0.00485. The lowest BCUT2D eigenvalue weighted by atomic mass is 10.0. The number of piperidine rings is 1. The second-order valence-corrected chi connectivity index (χ2v) is 7.23. The highest BCUT2D eigenvalue weighted by atomic mass is 32.1. The monoisotopic (exact) mass is 323 g/mol. The van der Waals surface area contributed by atoms with E-state index in [0.717, 1.165) is 35.7 Å². The van der Waals surface area contributed by atoms with Crippen LogP contribution in [-0.2, 0) is 4.79 Å². The van der Waals surface area contributed by atoms with Gasteiger partial charge in [0.15, 0.2) is 0 Å². The van der Waals surface area contributed by atoms with Gasteiger partial charge < -0.3 is 15.5 Å². The van der Waals surface area contributed by atoms with Crippen molar-refractivity contribution in [2.45, 2.75) is 32.7 Å². The molecule has 2 rings (SSSR count). The molecule has 1 saturated heterocycles. The van der Waals surface area contributed by atoms with Gasteiger partial charge in [-0.1, -0.05) is 6.92 Å². The zero-order valence-corrected chi connectivity index (χ0v) is 14.3. The Bertz CT molecular complexity index is 521. The van der Waals surface area contributed by atoms with E-state index in [9.17, 15) is 9.59 Å². The standard InChI is InChI=1S/C16H25N3O2S/c1-11(10-17-3)16(21)19-8-6-13(7-9-19)18-15(20)14-5-4-12(2)22-14/h4-5,11,13,17H,6-10H2,1-3H3,(H,18,20). The molecule has 1 fully saturated rings. The van der Waals surface area contributed by atoms with Gasteiger partial charge in [-0.05, 0) is 38.9 Å². The second-order valence-electron chi connectivity index (χ2n) is 5.94. The van der Waals surface area contributed by atoms with Gasteiger partial charge >= 0.3 is 0 Å². The molecule has 0 aliphatic carbocycles. The maximum absolute atomic E-state index is 12.2. The topological polar surface area (TPSA) is 61.4 Å². The van der Waals surface area contributed by atoms with Crippen molar-refractivity contribution in [3.05, 3.63) is 21.9 Å². The van der Waals surface area contributed by atoms with E-state index in [0.29, 0.717) is 6.54 Å². The summed E-state index contributed by atoms with van der Waals surface area (Å²) in [4.78, 5) is 28.2. The fourth-order valence-corrected chi connectivity index (χ4v) is 3.53. The Labute approximate surface area is 136 Å². The van der Waals surface area contributed by atoms with E-state index >= 15 is 0 Å². The van der Waals surface area contributed by atoms with E-state index in [-0.39, 0.29) is 23.8 Å². The largest absolute Gasteiger partial charge is 0.348 e. The fraction of sp³-hybridized carbons (Fsp3) is 0.625. The molecular formula is C16H25N3O2S. The smallest absolute Gasteiger partial charge is 0.261 e. The van der Waals surface area contributed by atoms with Crippen LogP contribution >= 0.6 is 11.3 Å². The first-order valence-electron chi connectivity index (χ1n) is 7.82. The molecule has 1 aliphatic rings. The van der Waals surface area contributed by atoms with Crippen LogP contribution in [0.3, 0.4) is 0 Å². The van der Waals surface area contributed by atoms with E-state index in [4.69, 9.17) is 0 Å². The molecule has 1 unspecified atom stereocenters. The maximum atomic E-state index is 12.2. The lowest BCUT2D eigenvalue weighted by molar-refractivity contribution is -0.135. The second kappa shape index (κ2) is 7.74. The van der Waals surface area contributed by atoms with Crippen molar-refractivity contribution in [2.75, 3.05) is 26.7 Å². The number of nitrogens with one attached hydrogen (secondary N) is 2. The number of thiophene rings is 1. The van der Waals surface area contributed by atoms with Crippen molar-refractivity contribution in [2.24, 2.45) is 5.92 Å². The molecule has 5 nitrogen and oxygen atoms in total. The Morgan fingerprint density at radius 3 is 2.59 bits per heavy atom. The number of aryl methyl sites for hydroxylation is 1. The average Bonchev–Trinajstić information content (AvgIpc) is 2.94. The number of carbonyl (C=O) groups excluding carboxylic acids is 2. The summed E-state index contributed by atoms with van der Waals surface area (Å²) in [7, 11) is 1.86. The van der Waals surface area contributed by atoms with Gasteiger partial charge in [-0.25, -0.2) is 0 Å². The van der Waals surface area contributed by atoms with Crippen LogP contribution in [0.2, 0.25) is 0 Å². The van der Waals surface area contributed by atoms with Crippen molar-refractivity contribution in [1.82, 2.24) is 15.5 Å². The Kier molecular flexibility index (Phi) is 5.97. The van der Waals surface area contributed by atoms with Gasteiger partial charge in [0.2, 0.25) is 5.91 Å². The Morgan fingerprint density at radius 2 is 2.05 bits per heavy atom. The summed E-state index contributed by atoms with van der Waals surface area (Å²) < 4.78 is 0. The molecule has 1 aliphatic heterocycles. The first kappa shape index (κ1) is 17.0. The average molecular weight is 323 g/mol. The summed E-state index contributed by atoms with van der Waals surface area (Å²) in [5.74, 6) is 0.213. The van der Waals surface area contributed by atoms with Crippen LogP contribution in [0.5, 0.6) is 0 Å². The Hall–Kier alpha value is -1.40. The summed E-state index contributed by atoms with van der Waals surface area (Å²) in [5.41, 5.74) is 0. The van der Waals surface area contributed by atoms with Gasteiger partial charge in [0.1, 0.15) is 0 Å². The lowest BCUT2D eigenvalue weighted by Gasteiger charge is -2.33. The number of likely N-dealkylation sites (tertiary alicyclic amines) is 1. The number of hydrogen-bond acceptors (Lipinski definition) is 4. The van der Waals surface area contributed by atoms with Crippen LogP contribution in [-0.4, -0.2) is 49.4 Å². The van der Waals surface area contributed by atoms with Crippen molar-refractivity contribution >= 4 is 23.2 Å². The molecule has 0 radical (unpaired) electrons. The zero-order chi connectivity index (χ0) is 16.1. The van der Waals surface area contributed by atoms with Crippen LogP contribution in [0.15, 0.2) is 12.1 Å². The SMILES string of the molecule is CNCC(C)C(=O)N1CCC(NC(=O)c2ccc(C)s2)CC1. The van der Waals surface area contributed by atoms with E-state index in [1.807, 2.05) is 37.9 Å². The molecule has 1 aromatic heterocycles. The molecule has 2 amide bonds. The summed E-state index contributed by atoms with van der Waals surface area (Å²) in [6.45, 7) is 6.10. The van der Waals surface area contributed by atoms with Gasteiger partial charge in [0, 0.05) is 36.5 Å². The molecule has 6 heteroatoms. The van der Waals surface area contributed by atoms with E-state index in [1.165, 1.54) is 11.3 Å². The van der Waals surface area contributed by atoms with Crippen LogP contribution in [0, 0.1) is 12.8 Å². The highest BCUT2D eigenvalue weighted by molar-refractivity contribution is 7.13. The van der Waals surface area contributed by atoms with Crippen LogP contribution in [0.25, 0.3) is 0 Å². The molecule has 2 heterocycles. The summed E-state index contributed by atoms with van der Waals surface area (Å²) in [6.07, 6.45) is 1.65. The van der Waals surface area contributed by atoms with Gasteiger partial charge in [0.25, 0.3) is 5.91 Å². The van der Waals surface area contributed by atoms with Crippen molar-refractivity contribution < 1.29 is 9.59 Å². The number of rotatable bonds is 5. The van der Waals surface area contributed by atoms with E-state index < -0.39 is 0 Å². The van der Waals surface area contributed by atoms with Gasteiger partial charge in [-0.3, -0.25) is 9.59 Å². The van der Waals surface area contributed by atoms with Gasteiger partial charge in [0.05, 0.1) is 4.88 Å². The molecule has 0 spiro atoms. The van der Waals surface area contributed by atoms with Crippen molar-refractivity contribution in [3.8, 4) is 0 Å². The first-order valence-corrected chi connectivity index (χ1v) is 8.63. The minimum Gasteiger partial charge on any atom is -0.348 e. The molecule has 0 aromatic carbocycles. The van der Waals surface area contributed by atoms with E-state index in [1.54, 1.807) is 0 Å². The first-order chi connectivity index (χ1) is 10.5. The predicted octanol–water partition coefficient (Wildman–Crippen LogP) is 1.63. The summed E-state index contributed by atoms with van der Waals surface area (Å²) in [5, 5.41) is 6.12. The molecule has 0 saturated carbocycles. The predicted molar refractivity (Wildman–Crippen MR) is 89.2 cm³/mol. The third kappa shape index (κ3) is 4.30. The molecule has 122 valence electrons. The third-order valence-corrected chi connectivity index (χ3v) is 5.04. The number of amides is 2. The molecule has 1 aromatic rings. The number of hydrogen-bond donors (Lipinski definition) is 2. The molecule has 2 N–H and O–H groups in total. The molecule has 0 bridgehead atoms. The zero-order valence-electron chi connectivity index (χ0n) is 13.5. The lowest BCUT2D eigenvalue weighted by Crippen LogP contribution is -2.48. The molecular weight excluding hydrogens is 298 g/mol.